The molecule has 0 rings (SSSR count). The SMILES string of the molecule is CCN(C)CCNS(=O)(=O)CCCCO. The summed E-state index contributed by atoms with van der Waals surface area (Å²) in [5.74, 6) is 0.101. The van der Waals surface area contributed by atoms with Crippen LogP contribution in [-0.4, -0.2) is 57.5 Å². The number of sulfonamides is 1. The van der Waals surface area contributed by atoms with Crippen LogP contribution in [0.3, 0.4) is 0 Å². The molecule has 0 aliphatic heterocycles. The average Bonchev–Trinajstić information content (AvgIpc) is 2.17. The van der Waals surface area contributed by atoms with Gasteiger partial charge in [0.1, 0.15) is 0 Å². The molecule has 0 aromatic rings. The highest BCUT2D eigenvalue weighted by Gasteiger charge is 2.08. The van der Waals surface area contributed by atoms with Crippen LogP contribution in [-0.2, 0) is 10.0 Å². The monoisotopic (exact) mass is 238 g/mol. The normalized spacial score (nSPS) is 12.3. The van der Waals surface area contributed by atoms with Gasteiger partial charge < -0.3 is 10.0 Å². The van der Waals surface area contributed by atoms with Crippen molar-refractivity contribution in [1.82, 2.24) is 9.62 Å². The topological polar surface area (TPSA) is 69.6 Å². The fraction of sp³-hybridized carbons (Fsp3) is 1.00. The molecule has 6 heteroatoms. The second kappa shape index (κ2) is 8.04. The van der Waals surface area contributed by atoms with Crippen LogP contribution >= 0.6 is 0 Å². The van der Waals surface area contributed by atoms with Gasteiger partial charge in [-0.25, -0.2) is 13.1 Å². The van der Waals surface area contributed by atoms with Crippen molar-refractivity contribution in [1.29, 1.82) is 0 Å². The van der Waals surface area contributed by atoms with Gasteiger partial charge in [0.15, 0.2) is 0 Å². The number of hydrogen-bond acceptors (Lipinski definition) is 4. The first-order valence-electron chi connectivity index (χ1n) is 5.28. The molecule has 0 aromatic carbocycles. The Hall–Kier alpha value is -0.170. The molecule has 0 saturated heterocycles. The first kappa shape index (κ1) is 14.8. The van der Waals surface area contributed by atoms with Crippen LogP contribution in [0.25, 0.3) is 0 Å². The molecule has 0 unspecified atom stereocenters. The number of aliphatic hydroxyl groups excluding tert-OH is 1. The van der Waals surface area contributed by atoms with E-state index < -0.39 is 10.0 Å². The van der Waals surface area contributed by atoms with Gasteiger partial charge in [0.05, 0.1) is 5.75 Å². The third kappa shape index (κ3) is 8.80. The highest BCUT2D eigenvalue weighted by atomic mass is 32.2. The second-order valence-corrected chi connectivity index (χ2v) is 5.47. The largest absolute Gasteiger partial charge is 0.396 e. The van der Waals surface area contributed by atoms with E-state index in [0.717, 1.165) is 13.1 Å². The first-order chi connectivity index (χ1) is 7.02. The molecule has 0 bridgehead atoms. The molecule has 0 heterocycles. The molecule has 15 heavy (non-hydrogen) atoms. The summed E-state index contributed by atoms with van der Waals surface area (Å²) in [4.78, 5) is 2.04. The van der Waals surface area contributed by atoms with Gasteiger partial charge in [-0.3, -0.25) is 0 Å². The predicted molar refractivity (Wildman–Crippen MR) is 61.3 cm³/mol. The number of nitrogens with one attached hydrogen (secondary N) is 1. The van der Waals surface area contributed by atoms with Crippen LogP contribution < -0.4 is 4.72 Å². The van der Waals surface area contributed by atoms with Crippen LogP contribution in [0.1, 0.15) is 19.8 Å². The van der Waals surface area contributed by atoms with Gasteiger partial charge in [0.2, 0.25) is 10.0 Å². The Morgan fingerprint density at radius 2 is 2.00 bits per heavy atom. The molecule has 0 atom stereocenters. The van der Waals surface area contributed by atoms with Gasteiger partial charge in [-0.1, -0.05) is 6.92 Å². The van der Waals surface area contributed by atoms with Crippen molar-refractivity contribution < 1.29 is 13.5 Å². The van der Waals surface area contributed by atoms with Crippen LogP contribution in [0.2, 0.25) is 0 Å². The molecule has 0 spiro atoms. The molecule has 92 valence electrons. The highest BCUT2D eigenvalue weighted by Crippen LogP contribution is 1.93. The fourth-order valence-corrected chi connectivity index (χ4v) is 2.16. The van der Waals surface area contributed by atoms with Gasteiger partial charge in [-0.2, -0.15) is 0 Å². The van der Waals surface area contributed by atoms with E-state index in [1.54, 1.807) is 0 Å². The summed E-state index contributed by atoms with van der Waals surface area (Å²) in [5, 5.41) is 8.52. The lowest BCUT2D eigenvalue weighted by atomic mass is 10.4. The minimum atomic E-state index is -3.15. The summed E-state index contributed by atoms with van der Waals surface area (Å²) in [5.41, 5.74) is 0. The molecule has 0 saturated carbocycles. The summed E-state index contributed by atoms with van der Waals surface area (Å²) >= 11 is 0. The van der Waals surface area contributed by atoms with Gasteiger partial charge in [0, 0.05) is 19.7 Å². The van der Waals surface area contributed by atoms with Crippen molar-refractivity contribution in [3.05, 3.63) is 0 Å². The van der Waals surface area contributed by atoms with E-state index in [1.165, 1.54) is 0 Å². The zero-order valence-corrected chi connectivity index (χ0v) is 10.4. The predicted octanol–water partition coefficient (Wildman–Crippen LogP) is -0.370. The minimum absolute atomic E-state index is 0.0497. The summed E-state index contributed by atoms with van der Waals surface area (Å²) in [6.45, 7) is 4.15. The number of unbranched alkanes of at least 4 members (excludes halogenated alkanes) is 1. The Balaban J connectivity index is 3.65. The standard InChI is InChI=1S/C9H22N2O3S/c1-3-11(2)7-6-10-15(13,14)9-5-4-8-12/h10,12H,3-9H2,1-2H3. The van der Waals surface area contributed by atoms with Crippen LogP contribution in [0.4, 0.5) is 0 Å². The van der Waals surface area contributed by atoms with Crippen molar-refractivity contribution >= 4 is 10.0 Å². The summed E-state index contributed by atoms with van der Waals surface area (Å²) < 4.78 is 25.3. The number of aliphatic hydroxyl groups is 1. The maximum atomic E-state index is 11.4. The molecule has 0 radical (unpaired) electrons. The maximum Gasteiger partial charge on any atom is 0.211 e. The van der Waals surface area contributed by atoms with Crippen molar-refractivity contribution in [3.8, 4) is 0 Å². The zero-order valence-electron chi connectivity index (χ0n) is 9.57. The van der Waals surface area contributed by atoms with E-state index in [2.05, 4.69) is 4.72 Å². The lowest BCUT2D eigenvalue weighted by Gasteiger charge is -2.14. The third-order valence-corrected chi connectivity index (χ3v) is 3.65. The number of rotatable bonds is 9. The fourth-order valence-electron chi connectivity index (χ4n) is 1.03. The number of nitrogens with zero attached hydrogens (tertiary/aromatic N) is 1. The Morgan fingerprint density at radius 3 is 2.53 bits per heavy atom. The Labute approximate surface area is 92.5 Å². The Bertz CT molecular complexity index is 242. The summed E-state index contributed by atoms with van der Waals surface area (Å²) in [6.07, 6.45) is 1.05. The lowest BCUT2D eigenvalue weighted by molar-refractivity contribution is 0.287. The van der Waals surface area contributed by atoms with Crippen molar-refractivity contribution in [3.63, 3.8) is 0 Å². The Morgan fingerprint density at radius 1 is 1.33 bits per heavy atom. The van der Waals surface area contributed by atoms with Gasteiger partial charge in [-0.05, 0) is 26.4 Å². The lowest BCUT2D eigenvalue weighted by Crippen LogP contribution is -2.34. The minimum Gasteiger partial charge on any atom is -0.396 e. The quantitative estimate of drug-likeness (QED) is 0.538. The molecule has 2 N–H and O–H groups in total. The van der Waals surface area contributed by atoms with Crippen molar-refractivity contribution in [2.75, 3.05) is 39.0 Å². The molecule has 0 fully saturated rings. The van der Waals surface area contributed by atoms with E-state index in [1.807, 2.05) is 18.9 Å². The van der Waals surface area contributed by atoms with Gasteiger partial charge in [-0.15, -0.1) is 0 Å². The highest BCUT2D eigenvalue weighted by molar-refractivity contribution is 7.89. The van der Waals surface area contributed by atoms with E-state index in [9.17, 15) is 8.42 Å². The third-order valence-electron chi connectivity index (χ3n) is 2.18. The molecule has 0 amide bonds. The van der Waals surface area contributed by atoms with Crippen LogP contribution in [0.5, 0.6) is 0 Å². The van der Waals surface area contributed by atoms with Crippen LogP contribution in [0, 0.1) is 0 Å². The smallest absolute Gasteiger partial charge is 0.211 e. The molecular formula is C9H22N2O3S. The van der Waals surface area contributed by atoms with Crippen molar-refractivity contribution in [2.24, 2.45) is 0 Å². The summed E-state index contributed by atoms with van der Waals surface area (Å²) in [7, 11) is -1.20. The first-order valence-corrected chi connectivity index (χ1v) is 6.93. The molecule has 5 nitrogen and oxygen atoms in total. The van der Waals surface area contributed by atoms with E-state index in [-0.39, 0.29) is 12.4 Å². The zero-order chi connectivity index (χ0) is 11.7. The Kier molecular flexibility index (Phi) is 7.95. The molecule has 0 aliphatic carbocycles. The second-order valence-electron chi connectivity index (χ2n) is 3.54. The number of hydrogen-bond donors (Lipinski definition) is 2. The molecule has 0 aliphatic rings. The van der Waals surface area contributed by atoms with Gasteiger partial charge in [0.25, 0.3) is 0 Å². The van der Waals surface area contributed by atoms with Crippen molar-refractivity contribution in [2.45, 2.75) is 19.8 Å². The molecular weight excluding hydrogens is 216 g/mol. The van der Waals surface area contributed by atoms with Crippen LogP contribution in [0.15, 0.2) is 0 Å². The average molecular weight is 238 g/mol. The van der Waals surface area contributed by atoms with E-state index >= 15 is 0 Å². The maximum absolute atomic E-state index is 11.4. The van der Waals surface area contributed by atoms with E-state index in [4.69, 9.17) is 5.11 Å². The molecule has 0 aromatic heterocycles. The van der Waals surface area contributed by atoms with Gasteiger partial charge >= 0.3 is 0 Å². The summed E-state index contributed by atoms with van der Waals surface area (Å²) in [6, 6.07) is 0. The number of likely N-dealkylation sites (N-methyl/N-ethyl adjacent to an activating group) is 1. The van der Waals surface area contributed by atoms with E-state index in [0.29, 0.717) is 19.4 Å².